The van der Waals surface area contributed by atoms with Gasteiger partial charge in [-0.2, -0.15) is 0 Å². The number of nitrogens with one attached hydrogen (secondary N) is 1. The number of carbonyl (C=O) groups excluding carboxylic acids is 1. The summed E-state index contributed by atoms with van der Waals surface area (Å²) in [5, 5.41) is 12.0. The average Bonchev–Trinajstić information content (AvgIpc) is 2.67. The molecule has 0 spiro atoms. The molecule has 0 saturated heterocycles. The molecule has 0 aliphatic carbocycles. The highest BCUT2D eigenvalue weighted by atomic mass is 16.5. The quantitative estimate of drug-likeness (QED) is 0.731. The summed E-state index contributed by atoms with van der Waals surface area (Å²) in [5.74, 6) is 0.0466. The van der Waals surface area contributed by atoms with Crippen LogP contribution >= 0.6 is 0 Å². The summed E-state index contributed by atoms with van der Waals surface area (Å²) in [6, 6.07) is 7.80. The number of methoxy groups -OCH3 is 4. The highest BCUT2D eigenvalue weighted by molar-refractivity contribution is 6.02. The third kappa shape index (κ3) is 4.60. The second-order valence-electron chi connectivity index (χ2n) is 5.46. The molecule has 8 nitrogen and oxygen atoms in total. The molecule has 2 N–H and O–H groups in total. The molecule has 8 heteroatoms. The van der Waals surface area contributed by atoms with Crippen molar-refractivity contribution in [3.8, 4) is 23.0 Å². The van der Waals surface area contributed by atoms with E-state index in [1.165, 1.54) is 40.6 Å². The lowest BCUT2D eigenvalue weighted by Gasteiger charge is -2.14. The molecule has 2 rings (SSSR count). The zero-order valence-electron chi connectivity index (χ0n) is 15.5. The Morgan fingerprint density at radius 2 is 1.52 bits per heavy atom. The van der Waals surface area contributed by atoms with Crippen molar-refractivity contribution in [3.05, 3.63) is 41.5 Å². The maximum Gasteiger partial charge on any atom is 0.337 e. The number of amides is 1. The van der Waals surface area contributed by atoms with Gasteiger partial charge < -0.3 is 29.4 Å². The van der Waals surface area contributed by atoms with Crippen LogP contribution in [0, 0.1) is 0 Å². The highest BCUT2D eigenvalue weighted by Crippen LogP contribution is 2.33. The van der Waals surface area contributed by atoms with Gasteiger partial charge in [0.15, 0.2) is 11.5 Å². The second kappa shape index (κ2) is 8.79. The molecule has 0 saturated carbocycles. The van der Waals surface area contributed by atoms with Gasteiger partial charge in [-0.15, -0.1) is 0 Å². The highest BCUT2D eigenvalue weighted by Gasteiger charge is 2.19. The molecular weight excluding hydrogens is 354 g/mol. The SMILES string of the molecule is COc1ccc(CC(=O)Nc2cc(OC)c(OC)cc2C(=O)O)c(OC)c1. The van der Waals surface area contributed by atoms with Gasteiger partial charge in [0.25, 0.3) is 0 Å². The standard InChI is InChI=1S/C19H21NO7/c1-24-12-6-5-11(15(8-12)25-2)7-18(21)20-14-10-17(27-4)16(26-3)9-13(14)19(22)23/h5-6,8-10H,7H2,1-4H3,(H,20,21)(H,22,23). The Morgan fingerprint density at radius 3 is 2.07 bits per heavy atom. The number of hydrogen-bond acceptors (Lipinski definition) is 6. The first-order valence-corrected chi connectivity index (χ1v) is 7.93. The van der Waals surface area contributed by atoms with Gasteiger partial charge in [-0.1, -0.05) is 6.07 Å². The van der Waals surface area contributed by atoms with E-state index < -0.39 is 11.9 Å². The molecule has 2 aromatic carbocycles. The molecule has 0 radical (unpaired) electrons. The molecule has 1 amide bonds. The number of ether oxygens (including phenoxy) is 4. The number of carboxylic acids is 1. The Morgan fingerprint density at radius 1 is 0.889 bits per heavy atom. The summed E-state index contributed by atoms with van der Waals surface area (Å²) in [7, 11) is 5.85. The van der Waals surface area contributed by atoms with Gasteiger partial charge in [0.2, 0.25) is 5.91 Å². The van der Waals surface area contributed by atoms with Gasteiger partial charge >= 0.3 is 5.97 Å². The molecule has 0 aromatic heterocycles. The first-order chi connectivity index (χ1) is 12.9. The van der Waals surface area contributed by atoms with Crippen LogP contribution in [0.25, 0.3) is 0 Å². The van der Waals surface area contributed by atoms with E-state index in [1.807, 2.05) is 0 Å². The van der Waals surface area contributed by atoms with Gasteiger partial charge in [0.1, 0.15) is 11.5 Å². The fourth-order valence-electron chi connectivity index (χ4n) is 2.52. The molecule has 27 heavy (non-hydrogen) atoms. The molecule has 0 aliphatic heterocycles. The lowest BCUT2D eigenvalue weighted by atomic mass is 10.1. The molecule has 0 unspecified atom stereocenters. The molecule has 0 bridgehead atoms. The largest absolute Gasteiger partial charge is 0.497 e. The monoisotopic (exact) mass is 375 g/mol. The van der Waals surface area contributed by atoms with Crippen LogP contribution in [0.3, 0.4) is 0 Å². The molecule has 0 heterocycles. The number of hydrogen-bond donors (Lipinski definition) is 2. The van der Waals surface area contributed by atoms with Crippen molar-refractivity contribution < 1.29 is 33.6 Å². The number of carbonyl (C=O) groups is 2. The Labute approximate surface area is 156 Å². The molecule has 144 valence electrons. The van der Waals surface area contributed by atoms with Gasteiger partial charge in [-0.25, -0.2) is 4.79 Å². The smallest absolute Gasteiger partial charge is 0.337 e. The Kier molecular flexibility index (Phi) is 6.48. The summed E-state index contributed by atoms with van der Waals surface area (Å²) in [4.78, 5) is 24.0. The van der Waals surface area contributed by atoms with Crippen LogP contribution in [0.4, 0.5) is 5.69 Å². The lowest BCUT2D eigenvalue weighted by Crippen LogP contribution is -2.17. The number of carboxylic acid groups (broad SMARTS) is 1. The number of benzene rings is 2. The summed E-state index contributed by atoms with van der Waals surface area (Å²) in [6.45, 7) is 0. The van der Waals surface area contributed by atoms with Crippen molar-refractivity contribution in [2.45, 2.75) is 6.42 Å². The Hall–Kier alpha value is -3.42. The fourth-order valence-corrected chi connectivity index (χ4v) is 2.52. The number of aromatic carboxylic acids is 1. The van der Waals surface area contributed by atoms with Crippen molar-refractivity contribution in [1.29, 1.82) is 0 Å². The van der Waals surface area contributed by atoms with Crippen molar-refractivity contribution in [3.63, 3.8) is 0 Å². The molecular formula is C19H21NO7. The van der Waals surface area contributed by atoms with Crippen LogP contribution < -0.4 is 24.3 Å². The average molecular weight is 375 g/mol. The first kappa shape index (κ1) is 19.9. The van der Waals surface area contributed by atoms with Crippen molar-refractivity contribution in [2.75, 3.05) is 33.8 Å². The molecule has 0 aliphatic rings. The van der Waals surface area contributed by atoms with E-state index >= 15 is 0 Å². The zero-order chi connectivity index (χ0) is 20.0. The third-order valence-electron chi connectivity index (χ3n) is 3.87. The van der Waals surface area contributed by atoms with Gasteiger partial charge in [0.05, 0.1) is 46.1 Å². The Bertz CT molecular complexity index is 848. The normalized spacial score (nSPS) is 10.1. The van der Waals surface area contributed by atoms with E-state index in [1.54, 1.807) is 18.2 Å². The predicted molar refractivity (Wildman–Crippen MR) is 98.4 cm³/mol. The summed E-state index contributed by atoms with van der Waals surface area (Å²) < 4.78 is 20.7. The van der Waals surface area contributed by atoms with Crippen molar-refractivity contribution >= 4 is 17.6 Å². The summed E-state index contributed by atoms with van der Waals surface area (Å²) in [5.41, 5.74) is 0.633. The number of anilines is 1. The summed E-state index contributed by atoms with van der Waals surface area (Å²) in [6.07, 6.45) is -0.0133. The molecule has 2 aromatic rings. The van der Waals surface area contributed by atoms with Crippen LogP contribution in [0.15, 0.2) is 30.3 Å². The molecule has 0 fully saturated rings. The van der Waals surface area contributed by atoms with Crippen LogP contribution in [0.2, 0.25) is 0 Å². The topological polar surface area (TPSA) is 103 Å². The van der Waals surface area contributed by atoms with E-state index in [0.717, 1.165) is 0 Å². The minimum Gasteiger partial charge on any atom is -0.497 e. The molecule has 0 atom stereocenters. The predicted octanol–water partition coefficient (Wildman–Crippen LogP) is 2.60. The zero-order valence-corrected chi connectivity index (χ0v) is 15.5. The van der Waals surface area contributed by atoms with E-state index in [-0.39, 0.29) is 23.4 Å². The van der Waals surface area contributed by atoms with Crippen LogP contribution in [-0.4, -0.2) is 45.4 Å². The maximum absolute atomic E-state index is 12.5. The van der Waals surface area contributed by atoms with Crippen LogP contribution in [0.1, 0.15) is 15.9 Å². The minimum absolute atomic E-state index is 0.0133. The minimum atomic E-state index is -1.20. The lowest BCUT2D eigenvalue weighted by molar-refractivity contribution is -0.115. The summed E-state index contributed by atoms with van der Waals surface area (Å²) >= 11 is 0. The fraction of sp³-hybridized carbons (Fsp3) is 0.263. The maximum atomic E-state index is 12.5. The van der Waals surface area contributed by atoms with E-state index in [2.05, 4.69) is 5.32 Å². The van der Waals surface area contributed by atoms with Gasteiger partial charge in [-0.05, 0) is 6.07 Å². The van der Waals surface area contributed by atoms with E-state index in [9.17, 15) is 14.7 Å². The van der Waals surface area contributed by atoms with Crippen molar-refractivity contribution in [1.82, 2.24) is 0 Å². The Balaban J connectivity index is 2.29. The second-order valence-corrected chi connectivity index (χ2v) is 5.46. The van der Waals surface area contributed by atoms with Gasteiger partial charge in [0, 0.05) is 23.8 Å². The first-order valence-electron chi connectivity index (χ1n) is 7.93. The van der Waals surface area contributed by atoms with Crippen LogP contribution in [0.5, 0.6) is 23.0 Å². The van der Waals surface area contributed by atoms with Crippen molar-refractivity contribution in [2.24, 2.45) is 0 Å². The third-order valence-corrected chi connectivity index (χ3v) is 3.87. The van der Waals surface area contributed by atoms with Gasteiger partial charge in [-0.3, -0.25) is 4.79 Å². The number of rotatable bonds is 8. The van der Waals surface area contributed by atoms with E-state index in [4.69, 9.17) is 18.9 Å². The van der Waals surface area contributed by atoms with E-state index in [0.29, 0.717) is 22.8 Å². The van der Waals surface area contributed by atoms with Crippen LogP contribution in [-0.2, 0) is 11.2 Å².